The van der Waals surface area contributed by atoms with E-state index in [0.29, 0.717) is 35.1 Å². The van der Waals surface area contributed by atoms with Crippen LogP contribution < -0.4 is 10.1 Å². The van der Waals surface area contributed by atoms with E-state index in [1.807, 2.05) is 36.4 Å². The third-order valence-electron chi connectivity index (χ3n) is 5.53. The molecule has 9 heteroatoms. The second-order valence-electron chi connectivity index (χ2n) is 7.81. The quantitative estimate of drug-likeness (QED) is 0.485. The lowest BCUT2D eigenvalue weighted by Gasteiger charge is -2.34. The lowest BCUT2D eigenvalue weighted by atomic mass is 10.0. The third kappa shape index (κ3) is 5.56. The van der Waals surface area contributed by atoms with Gasteiger partial charge in [0.15, 0.2) is 12.4 Å². The number of nitrogens with one attached hydrogen (secondary N) is 2. The summed E-state index contributed by atoms with van der Waals surface area (Å²) < 4.78 is 5.65. The summed E-state index contributed by atoms with van der Waals surface area (Å²) in [5.74, 6) is 1.37. The van der Waals surface area contributed by atoms with Gasteiger partial charge in [-0.25, -0.2) is 4.98 Å². The number of carbonyl (C=O) groups is 2. The van der Waals surface area contributed by atoms with E-state index in [9.17, 15) is 9.59 Å². The Bertz CT molecular complexity index is 1090. The van der Waals surface area contributed by atoms with Crippen LogP contribution in [0, 0.1) is 0 Å². The Morgan fingerprint density at radius 3 is 2.82 bits per heavy atom. The first-order valence-electron chi connectivity index (χ1n) is 11.0. The van der Waals surface area contributed by atoms with Crippen molar-refractivity contribution in [2.75, 3.05) is 26.3 Å². The molecule has 2 amide bonds. The normalized spacial score (nSPS) is 15.8. The molecule has 0 spiro atoms. The molecular formula is C24H27N5O4. The molecule has 0 radical (unpaired) electrons. The van der Waals surface area contributed by atoms with Gasteiger partial charge in [-0.05, 0) is 43.5 Å². The molecule has 33 heavy (non-hydrogen) atoms. The lowest BCUT2D eigenvalue weighted by molar-refractivity contribution is -0.137. The summed E-state index contributed by atoms with van der Waals surface area (Å²) in [5.41, 5.74) is 1.15. The number of ether oxygens (including phenoxy) is 1. The van der Waals surface area contributed by atoms with Crippen LogP contribution in [0.25, 0.3) is 11.4 Å². The number of piperidine rings is 1. The molecule has 3 N–H and O–H groups in total. The number of nitrogens with zero attached hydrogens (tertiary/aromatic N) is 3. The first kappa shape index (κ1) is 22.5. The largest absolute Gasteiger partial charge is 0.484 e. The highest BCUT2D eigenvalue weighted by Crippen LogP contribution is 2.30. The number of carbonyl (C=O) groups excluding carboxylic acids is 2. The summed E-state index contributed by atoms with van der Waals surface area (Å²) in [4.78, 5) is 31.6. The minimum atomic E-state index is -0.274. The van der Waals surface area contributed by atoms with E-state index >= 15 is 0 Å². The predicted molar refractivity (Wildman–Crippen MR) is 121 cm³/mol. The minimum Gasteiger partial charge on any atom is -0.484 e. The number of amides is 2. The van der Waals surface area contributed by atoms with Crippen LogP contribution in [0.2, 0.25) is 0 Å². The van der Waals surface area contributed by atoms with E-state index in [0.717, 1.165) is 19.3 Å². The molecule has 9 nitrogen and oxygen atoms in total. The third-order valence-corrected chi connectivity index (χ3v) is 5.53. The van der Waals surface area contributed by atoms with Gasteiger partial charge < -0.3 is 20.1 Å². The Balaban J connectivity index is 1.47. The maximum Gasteiger partial charge on any atom is 0.261 e. The van der Waals surface area contributed by atoms with Gasteiger partial charge in [0.2, 0.25) is 0 Å². The molecular weight excluding hydrogens is 422 g/mol. The highest BCUT2D eigenvalue weighted by atomic mass is 16.5. The predicted octanol–water partition coefficient (Wildman–Crippen LogP) is 2.33. The number of benzene rings is 2. The average molecular weight is 450 g/mol. The molecule has 1 unspecified atom stereocenters. The zero-order valence-electron chi connectivity index (χ0n) is 18.2. The summed E-state index contributed by atoms with van der Waals surface area (Å²) in [6.07, 6.45) is 2.71. The molecule has 172 valence electrons. The standard InChI is InChI=1S/C24H27N5O4/c30-14-12-25-24(32)18-8-6-7-17(15-18)22-26-23(28-27-22)20-11-4-5-13-29(20)21(31)16-33-19-9-2-1-3-10-19/h1-3,6-10,15,20,30H,4-5,11-14,16H2,(H,25,32)(H,26,27,28). The summed E-state index contributed by atoms with van der Waals surface area (Å²) in [6, 6.07) is 16.1. The number of aromatic amines is 1. The van der Waals surface area contributed by atoms with Gasteiger partial charge in [-0.2, -0.15) is 5.10 Å². The molecule has 4 rings (SSSR count). The van der Waals surface area contributed by atoms with E-state index in [1.165, 1.54) is 0 Å². The molecule has 0 saturated carbocycles. The molecule has 1 saturated heterocycles. The number of hydrogen-bond donors (Lipinski definition) is 3. The van der Waals surface area contributed by atoms with Gasteiger partial charge in [-0.3, -0.25) is 14.7 Å². The van der Waals surface area contributed by atoms with Gasteiger partial charge in [0, 0.05) is 24.2 Å². The molecule has 1 aliphatic rings. The Morgan fingerprint density at radius 2 is 2.00 bits per heavy atom. The van der Waals surface area contributed by atoms with Gasteiger partial charge in [0.25, 0.3) is 11.8 Å². The van der Waals surface area contributed by atoms with Crippen molar-refractivity contribution in [3.8, 4) is 17.1 Å². The van der Waals surface area contributed by atoms with Crippen molar-refractivity contribution in [3.63, 3.8) is 0 Å². The molecule has 3 aromatic rings. The van der Waals surface area contributed by atoms with E-state index in [1.54, 1.807) is 23.1 Å². The maximum absolute atomic E-state index is 12.9. The molecule has 2 aromatic carbocycles. The number of likely N-dealkylation sites (tertiary alicyclic amines) is 1. The topological polar surface area (TPSA) is 120 Å². The minimum absolute atomic E-state index is 0.0352. The Morgan fingerprint density at radius 1 is 1.15 bits per heavy atom. The average Bonchev–Trinajstić information content (AvgIpc) is 3.37. The summed E-state index contributed by atoms with van der Waals surface area (Å²) >= 11 is 0. The number of aliphatic hydroxyl groups excluding tert-OH is 1. The summed E-state index contributed by atoms with van der Waals surface area (Å²) in [7, 11) is 0. The number of hydrogen-bond acceptors (Lipinski definition) is 6. The van der Waals surface area contributed by atoms with Crippen molar-refractivity contribution in [1.82, 2.24) is 25.4 Å². The monoisotopic (exact) mass is 449 g/mol. The molecule has 1 aromatic heterocycles. The van der Waals surface area contributed by atoms with Crippen molar-refractivity contribution < 1.29 is 19.4 Å². The molecule has 1 fully saturated rings. The fourth-order valence-electron chi connectivity index (χ4n) is 3.88. The van der Waals surface area contributed by atoms with Crippen LogP contribution in [0.4, 0.5) is 0 Å². The summed E-state index contributed by atoms with van der Waals surface area (Å²) in [6.45, 7) is 0.667. The van der Waals surface area contributed by atoms with Crippen LogP contribution in [0.3, 0.4) is 0 Å². The van der Waals surface area contributed by atoms with Crippen molar-refractivity contribution >= 4 is 11.8 Å². The van der Waals surface area contributed by atoms with Crippen LogP contribution >= 0.6 is 0 Å². The summed E-state index contributed by atoms with van der Waals surface area (Å²) in [5, 5.41) is 18.9. The van der Waals surface area contributed by atoms with Crippen LogP contribution in [-0.4, -0.2) is 63.3 Å². The molecule has 0 aliphatic carbocycles. The van der Waals surface area contributed by atoms with Crippen LogP contribution in [0.1, 0.15) is 41.5 Å². The second-order valence-corrected chi connectivity index (χ2v) is 7.81. The number of aromatic nitrogens is 3. The van der Waals surface area contributed by atoms with Crippen LogP contribution in [0.15, 0.2) is 54.6 Å². The van der Waals surface area contributed by atoms with Crippen molar-refractivity contribution in [3.05, 3.63) is 66.0 Å². The maximum atomic E-state index is 12.9. The highest BCUT2D eigenvalue weighted by Gasteiger charge is 2.30. The lowest BCUT2D eigenvalue weighted by Crippen LogP contribution is -2.41. The number of aliphatic hydroxyl groups is 1. The van der Waals surface area contributed by atoms with E-state index in [2.05, 4.69) is 20.5 Å². The number of para-hydroxylation sites is 1. The van der Waals surface area contributed by atoms with Crippen molar-refractivity contribution in [1.29, 1.82) is 0 Å². The van der Waals surface area contributed by atoms with E-state index < -0.39 is 0 Å². The Kier molecular flexibility index (Phi) is 7.31. The van der Waals surface area contributed by atoms with Crippen molar-refractivity contribution in [2.45, 2.75) is 25.3 Å². The smallest absolute Gasteiger partial charge is 0.261 e. The van der Waals surface area contributed by atoms with Crippen LogP contribution in [0.5, 0.6) is 5.75 Å². The van der Waals surface area contributed by atoms with Gasteiger partial charge in [0.05, 0.1) is 12.6 Å². The van der Waals surface area contributed by atoms with Gasteiger partial charge in [-0.1, -0.05) is 30.3 Å². The fourth-order valence-corrected chi connectivity index (χ4v) is 3.88. The van der Waals surface area contributed by atoms with Crippen molar-refractivity contribution in [2.24, 2.45) is 0 Å². The van der Waals surface area contributed by atoms with E-state index in [4.69, 9.17) is 9.84 Å². The van der Waals surface area contributed by atoms with Gasteiger partial charge >= 0.3 is 0 Å². The Labute approximate surface area is 191 Å². The second kappa shape index (κ2) is 10.7. The fraction of sp³-hybridized carbons (Fsp3) is 0.333. The Hall–Kier alpha value is -3.72. The highest BCUT2D eigenvalue weighted by molar-refractivity contribution is 5.95. The zero-order chi connectivity index (χ0) is 23.0. The first-order valence-corrected chi connectivity index (χ1v) is 11.0. The number of rotatable bonds is 8. The molecule has 2 heterocycles. The SMILES string of the molecule is O=C(NCCO)c1cccc(-c2n[nH]c(C3CCCCN3C(=O)COc3ccccc3)n2)c1. The van der Waals surface area contributed by atoms with Gasteiger partial charge in [0.1, 0.15) is 11.6 Å². The number of H-pyrrole nitrogens is 1. The van der Waals surface area contributed by atoms with E-state index in [-0.39, 0.29) is 37.6 Å². The van der Waals surface area contributed by atoms with Gasteiger partial charge in [-0.15, -0.1) is 0 Å². The zero-order valence-corrected chi connectivity index (χ0v) is 18.2. The molecule has 1 atom stereocenters. The van der Waals surface area contributed by atoms with Crippen LogP contribution in [-0.2, 0) is 4.79 Å². The molecule has 1 aliphatic heterocycles. The first-order chi connectivity index (χ1) is 16.2. The molecule has 0 bridgehead atoms.